The number of hydrogen-bond donors (Lipinski definition) is 0. The fourth-order valence-corrected chi connectivity index (χ4v) is 3.55. The Balaban J connectivity index is 2.11. The summed E-state index contributed by atoms with van der Waals surface area (Å²) >= 11 is 8.77. The van der Waals surface area contributed by atoms with E-state index >= 15 is 0 Å². The van der Waals surface area contributed by atoms with Gasteiger partial charge in [-0.05, 0) is 19.1 Å². The van der Waals surface area contributed by atoms with E-state index in [4.69, 9.17) is 16.3 Å². The molecule has 2 aromatic rings. The number of benzene rings is 1. The number of nitrogens with zero attached hydrogens (tertiary/aromatic N) is 1. The van der Waals surface area contributed by atoms with Crippen LogP contribution in [-0.4, -0.2) is 23.3 Å². The van der Waals surface area contributed by atoms with Gasteiger partial charge < -0.3 is 4.74 Å². The molecule has 1 aromatic carbocycles. The zero-order valence-electron chi connectivity index (χ0n) is 10.4. The Kier molecular flexibility index (Phi) is 4.85. The number of carbonyl (C=O) groups excluding carboxylic acids is 1. The van der Waals surface area contributed by atoms with Crippen molar-refractivity contribution in [2.45, 2.75) is 16.5 Å². The first-order chi connectivity index (χ1) is 9.10. The number of carbonyl (C=O) groups is 1. The summed E-state index contributed by atoms with van der Waals surface area (Å²) in [4.78, 5) is 15.8. The van der Waals surface area contributed by atoms with Crippen LogP contribution in [0.1, 0.15) is 6.92 Å². The van der Waals surface area contributed by atoms with Gasteiger partial charge in [-0.3, -0.25) is 4.79 Å². The highest BCUT2D eigenvalue weighted by atomic mass is 35.5. The van der Waals surface area contributed by atoms with Gasteiger partial charge in [0.1, 0.15) is 5.25 Å². The lowest BCUT2D eigenvalue weighted by Gasteiger charge is -2.05. The first-order valence-electron chi connectivity index (χ1n) is 5.56. The summed E-state index contributed by atoms with van der Waals surface area (Å²) < 4.78 is 5.54. The molecule has 0 amide bonds. The predicted octanol–water partition coefficient (Wildman–Crippen LogP) is 4.12. The maximum atomic E-state index is 11.3. The van der Waals surface area contributed by atoms with Crippen molar-refractivity contribution in [2.24, 2.45) is 0 Å². The third kappa shape index (κ3) is 3.72. The second-order valence-corrected chi connectivity index (χ2v) is 6.67. The lowest BCUT2D eigenvalue weighted by atomic mass is 10.2. The number of ether oxygens (including phenoxy) is 1. The van der Waals surface area contributed by atoms with Crippen LogP contribution in [0.25, 0.3) is 11.3 Å². The summed E-state index contributed by atoms with van der Waals surface area (Å²) in [6.07, 6.45) is 0. The highest BCUT2D eigenvalue weighted by molar-refractivity contribution is 8.02. The quantitative estimate of drug-likeness (QED) is 0.629. The van der Waals surface area contributed by atoms with Gasteiger partial charge in [-0.2, -0.15) is 0 Å². The third-order valence-corrected chi connectivity index (χ3v) is 4.74. The molecular weight excluding hydrogens is 302 g/mol. The van der Waals surface area contributed by atoms with E-state index in [9.17, 15) is 4.79 Å². The monoisotopic (exact) mass is 313 g/mol. The first kappa shape index (κ1) is 14.4. The van der Waals surface area contributed by atoms with E-state index in [0.29, 0.717) is 5.02 Å². The summed E-state index contributed by atoms with van der Waals surface area (Å²) in [6.45, 7) is 1.81. The van der Waals surface area contributed by atoms with E-state index < -0.39 is 0 Å². The molecular formula is C13H12ClNO2S2. The Morgan fingerprint density at radius 3 is 2.74 bits per heavy atom. The lowest BCUT2D eigenvalue weighted by Crippen LogP contribution is -2.14. The standard InChI is InChI=1S/C13H12ClNO2S2/c1-8(12(16)17-2)19-13-15-11(7-18-13)9-3-5-10(14)6-4-9/h3-8H,1-2H3. The van der Waals surface area contributed by atoms with Crippen molar-refractivity contribution < 1.29 is 9.53 Å². The van der Waals surface area contributed by atoms with Crippen LogP contribution in [0.5, 0.6) is 0 Å². The highest BCUT2D eigenvalue weighted by Crippen LogP contribution is 2.31. The van der Waals surface area contributed by atoms with Crippen molar-refractivity contribution in [3.05, 3.63) is 34.7 Å². The second kappa shape index (κ2) is 6.41. The van der Waals surface area contributed by atoms with Crippen molar-refractivity contribution >= 4 is 40.7 Å². The predicted molar refractivity (Wildman–Crippen MR) is 79.9 cm³/mol. The van der Waals surface area contributed by atoms with E-state index in [-0.39, 0.29) is 11.2 Å². The summed E-state index contributed by atoms with van der Waals surface area (Å²) in [7, 11) is 1.39. The number of rotatable bonds is 4. The smallest absolute Gasteiger partial charge is 0.318 e. The van der Waals surface area contributed by atoms with Crippen LogP contribution in [0.2, 0.25) is 5.02 Å². The molecule has 1 unspecified atom stereocenters. The minimum atomic E-state index is -0.255. The molecule has 0 aliphatic carbocycles. The minimum absolute atomic E-state index is 0.242. The van der Waals surface area contributed by atoms with Gasteiger partial charge in [0.2, 0.25) is 0 Å². The second-order valence-electron chi connectivity index (χ2n) is 3.79. The lowest BCUT2D eigenvalue weighted by molar-refractivity contribution is -0.139. The van der Waals surface area contributed by atoms with Gasteiger partial charge in [-0.15, -0.1) is 11.3 Å². The van der Waals surface area contributed by atoms with E-state index in [1.807, 2.05) is 29.6 Å². The van der Waals surface area contributed by atoms with Gasteiger partial charge in [0, 0.05) is 16.0 Å². The van der Waals surface area contributed by atoms with Crippen LogP contribution < -0.4 is 0 Å². The first-order valence-corrected chi connectivity index (χ1v) is 7.70. The molecule has 0 fully saturated rings. The van der Waals surface area contributed by atoms with Gasteiger partial charge in [-0.25, -0.2) is 4.98 Å². The summed E-state index contributed by atoms with van der Waals surface area (Å²) in [5.41, 5.74) is 1.90. The Morgan fingerprint density at radius 1 is 1.42 bits per heavy atom. The zero-order valence-corrected chi connectivity index (χ0v) is 12.8. The molecule has 6 heteroatoms. The van der Waals surface area contributed by atoms with Crippen LogP contribution in [0.3, 0.4) is 0 Å². The molecule has 19 heavy (non-hydrogen) atoms. The molecule has 1 atom stereocenters. The molecule has 0 saturated carbocycles. The van der Waals surface area contributed by atoms with E-state index in [0.717, 1.165) is 15.6 Å². The average Bonchev–Trinajstić information content (AvgIpc) is 2.87. The van der Waals surface area contributed by atoms with Gasteiger partial charge in [-0.1, -0.05) is 35.5 Å². The van der Waals surface area contributed by atoms with E-state index in [1.54, 1.807) is 6.92 Å². The molecule has 0 aliphatic rings. The number of thioether (sulfide) groups is 1. The summed E-state index contributed by atoms with van der Waals surface area (Å²) in [5, 5.41) is 2.41. The fraction of sp³-hybridized carbons (Fsp3) is 0.231. The van der Waals surface area contributed by atoms with E-state index in [2.05, 4.69) is 4.98 Å². The molecule has 100 valence electrons. The Labute approximate surface area is 125 Å². The van der Waals surface area contributed by atoms with Crippen LogP contribution >= 0.6 is 34.7 Å². The molecule has 0 aliphatic heterocycles. The normalized spacial score (nSPS) is 12.2. The fourth-order valence-electron chi connectivity index (χ4n) is 1.43. The van der Waals surface area contributed by atoms with Gasteiger partial charge in [0.15, 0.2) is 4.34 Å². The molecule has 1 aromatic heterocycles. The molecule has 0 saturated heterocycles. The molecule has 1 heterocycles. The Bertz CT molecular complexity index is 568. The van der Waals surface area contributed by atoms with Gasteiger partial charge in [0.25, 0.3) is 0 Å². The van der Waals surface area contributed by atoms with Crippen molar-refractivity contribution in [1.82, 2.24) is 4.98 Å². The van der Waals surface area contributed by atoms with E-state index in [1.165, 1.54) is 30.2 Å². The van der Waals surface area contributed by atoms with Crippen LogP contribution in [0.15, 0.2) is 34.0 Å². The summed E-state index contributed by atoms with van der Waals surface area (Å²) in [5.74, 6) is -0.242. The highest BCUT2D eigenvalue weighted by Gasteiger charge is 2.16. The van der Waals surface area contributed by atoms with Gasteiger partial charge in [0.05, 0.1) is 12.8 Å². The maximum absolute atomic E-state index is 11.3. The molecule has 0 bridgehead atoms. The third-order valence-electron chi connectivity index (χ3n) is 2.43. The number of halogens is 1. The zero-order chi connectivity index (χ0) is 13.8. The maximum Gasteiger partial charge on any atom is 0.318 e. The molecule has 3 nitrogen and oxygen atoms in total. The topological polar surface area (TPSA) is 39.2 Å². The summed E-state index contributed by atoms with van der Waals surface area (Å²) in [6, 6.07) is 7.52. The number of methoxy groups -OCH3 is 1. The number of hydrogen-bond acceptors (Lipinski definition) is 5. The van der Waals surface area contributed by atoms with Gasteiger partial charge >= 0.3 is 5.97 Å². The molecule has 0 radical (unpaired) electrons. The Morgan fingerprint density at radius 2 is 2.11 bits per heavy atom. The molecule has 0 N–H and O–H groups in total. The molecule has 2 rings (SSSR count). The average molecular weight is 314 g/mol. The largest absolute Gasteiger partial charge is 0.468 e. The van der Waals surface area contributed by atoms with Crippen molar-refractivity contribution in [3.8, 4) is 11.3 Å². The van der Waals surface area contributed by atoms with Crippen LogP contribution in [0, 0.1) is 0 Å². The van der Waals surface area contributed by atoms with Crippen molar-refractivity contribution in [1.29, 1.82) is 0 Å². The SMILES string of the molecule is COC(=O)C(C)Sc1nc(-c2ccc(Cl)cc2)cs1. The number of esters is 1. The Hall–Kier alpha value is -1.04. The molecule has 0 spiro atoms. The minimum Gasteiger partial charge on any atom is -0.468 e. The van der Waals surface area contributed by atoms with Crippen LogP contribution in [0.4, 0.5) is 0 Å². The van der Waals surface area contributed by atoms with Crippen molar-refractivity contribution in [3.63, 3.8) is 0 Å². The number of aromatic nitrogens is 1. The number of thiazole rings is 1. The van der Waals surface area contributed by atoms with Crippen LogP contribution in [-0.2, 0) is 9.53 Å². The van der Waals surface area contributed by atoms with Crippen molar-refractivity contribution in [2.75, 3.05) is 7.11 Å².